The summed E-state index contributed by atoms with van der Waals surface area (Å²) in [5.74, 6) is 0.511. The highest BCUT2D eigenvalue weighted by Gasteiger charge is 2.30. The highest BCUT2D eigenvalue weighted by atomic mass is 16.5. The van der Waals surface area contributed by atoms with Crippen molar-refractivity contribution < 1.29 is 14.3 Å². The van der Waals surface area contributed by atoms with Crippen molar-refractivity contribution in [1.29, 1.82) is 0 Å². The molecule has 1 unspecified atom stereocenters. The molecule has 1 aliphatic heterocycles. The Hall–Kier alpha value is -2.21. The second-order valence-corrected chi connectivity index (χ2v) is 10.5. The highest BCUT2D eigenvalue weighted by Crippen LogP contribution is 2.20. The Balaban J connectivity index is 1.64. The standard InChI is InChI=1S/C31H46N2O3/c1-5-28-20-27(15-16-29(28)14-10-7-11-18-35-4)23-33(21-25(2)3)31(34)30-24-32(17-19-36-30)22-26-12-8-6-9-13-26/h6,8-9,12-13,15-16,20,25,30H,5,7,10-11,14,17-19,21-24H2,1-4H3. The summed E-state index contributed by atoms with van der Waals surface area (Å²) in [6, 6.07) is 17.3. The average Bonchev–Trinajstić information content (AvgIpc) is 2.89. The van der Waals surface area contributed by atoms with E-state index in [1.54, 1.807) is 7.11 Å². The number of morpholine rings is 1. The number of unbranched alkanes of at least 4 members (excludes halogenated alkanes) is 2. The number of ether oxygens (including phenoxy) is 2. The van der Waals surface area contributed by atoms with Gasteiger partial charge >= 0.3 is 0 Å². The second kappa shape index (κ2) is 15.1. The Morgan fingerprint density at radius 2 is 1.89 bits per heavy atom. The SMILES string of the molecule is CCc1cc(CN(CC(C)C)C(=O)C2CN(Cc3ccccc3)CCO2)ccc1CCCCCOC. The van der Waals surface area contributed by atoms with Crippen LogP contribution in [0.3, 0.4) is 0 Å². The van der Waals surface area contributed by atoms with Crippen molar-refractivity contribution in [2.75, 3.05) is 40.0 Å². The molecule has 1 saturated heterocycles. The van der Waals surface area contributed by atoms with Gasteiger partial charge in [0.15, 0.2) is 0 Å². The van der Waals surface area contributed by atoms with E-state index >= 15 is 0 Å². The van der Waals surface area contributed by atoms with Crippen molar-refractivity contribution in [3.05, 3.63) is 70.8 Å². The molecule has 1 heterocycles. The molecule has 2 aromatic rings. The molecule has 36 heavy (non-hydrogen) atoms. The molecule has 1 amide bonds. The van der Waals surface area contributed by atoms with Gasteiger partial charge in [-0.3, -0.25) is 9.69 Å². The van der Waals surface area contributed by atoms with E-state index in [0.29, 0.717) is 25.6 Å². The van der Waals surface area contributed by atoms with E-state index in [2.05, 4.69) is 68.1 Å². The molecule has 0 radical (unpaired) electrons. The summed E-state index contributed by atoms with van der Waals surface area (Å²) >= 11 is 0. The molecular weight excluding hydrogens is 448 g/mol. The van der Waals surface area contributed by atoms with E-state index in [-0.39, 0.29) is 5.91 Å². The van der Waals surface area contributed by atoms with Crippen LogP contribution < -0.4 is 0 Å². The second-order valence-electron chi connectivity index (χ2n) is 10.5. The van der Waals surface area contributed by atoms with Gasteiger partial charge in [0.25, 0.3) is 5.91 Å². The minimum absolute atomic E-state index is 0.113. The number of carbonyl (C=O) groups is 1. The first-order valence-electron chi connectivity index (χ1n) is 13.8. The molecule has 0 spiro atoms. The molecule has 0 bridgehead atoms. The predicted molar refractivity (Wildman–Crippen MR) is 147 cm³/mol. The van der Waals surface area contributed by atoms with Gasteiger partial charge in [-0.05, 0) is 53.9 Å². The lowest BCUT2D eigenvalue weighted by Crippen LogP contribution is -2.51. The minimum Gasteiger partial charge on any atom is -0.385 e. The lowest BCUT2D eigenvalue weighted by molar-refractivity contribution is -0.151. The summed E-state index contributed by atoms with van der Waals surface area (Å²) in [5.41, 5.74) is 5.32. The van der Waals surface area contributed by atoms with Crippen molar-refractivity contribution in [2.45, 2.75) is 72.1 Å². The molecule has 1 aliphatic rings. The lowest BCUT2D eigenvalue weighted by Gasteiger charge is -2.35. The lowest BCUT2D eigenvalue weighted by atomic mass is 9.97. The van der Waals surface area contributed by atoms with Gasteiger partial charge in [-0.15, -0.1) is 0 Å². The van der Waals surface area contributed by atoms with E-state index in [9.17, 15) is 4.79 Å². The number of rotatable bonds is 14. The van der Waals surface area contributed by atoms with Crippen LogP contribution in [0.15, 0.2) is 48.5 Å². The fourth-order valence-corrected chi connectivity index (χ4v) is 5.02. The Morgan fingerprint density at radius 1 is 1.08 bits per heavy atom. The van der Waals surface area contributed by atoms with Gasteiger partial charge in [-0.25, -0.2) is 0 Å². The molecule has 1 atom stereocenters. The van der Waals surface area contributed by atoms with Gasteiger partial charge in [-0.2, -0.15) is 0 Å². The molecule has 5 nitrogen and oxygen atoms in total. The summed E-state index contributed by atoms with van der Waals surface area (Å²) in [5, 5.41) is 0. The number of methoxy groups -OCH3 is 1. The molecule has 5 heteroatoms. The molecule has 0 saturated carbocycles. The third kappa shape index (κ3) is 9.02. The minimum atomic E-state index is -0.404. The summed E-state index contributed by atoms with van der Waals surface area (Å²) in [7, 11) is 1.77. The Labute approximate surface area is 218 Å². The Bertz CT molecular complexity index is 915. The average molecular weight is 495 g/mol. The maximum absolute atomic E-state index is 13.6. The Kier molecular flexibility index (Phi) is 11.9. The fraction of sp³-hybridized carbons (Fsp3) is 0.581. The first-order valence-corrected chi connectivity index (χ1v) is 13.8. The molecule has 2 aromatic carbocycles. The normalized spacial score (nSPS) is 16.4. The van der Waals surface area contributed by atoms with Crippen LogP contribution in [0.1, 0.15) is 62.3 Å². The van der Waals surface area contributed by atoms with Gasteiger partial charge in [0, 0.05) is 46.4 Å². The molecular formula is C31H46N2O3. The van der Waals surface area contributed by atoms with E-state index in [4.69, 9.17) is 9.47 Å². The van der Waals surface area contributed by atoms with Crippen molar-refractivity contribution in [3.8, 4) is 0 Å². The number of hydrogen-bond donors (Lipinski definition) is 0. The monoisotopic (exact) mass is 494 g/mol. The van der Waals surface area contributed by atoms with E-state index in [0.717, 1.165) is 45.5 Å². The van der Waals surface area contributed by atoms with Crippen molar-refractivity contribution >= 4 is 5.91 Å². The third-order valence-electron chi connectivity index (χ3n) is 6.89. The number of carbonyl (C=O) groups excluding carboxylic acids is 1. The topological polar surface area (TPSA) is 42.0 Å². The van der Waals surface area contributed by atoms with E-state index in [1.165, 1.54) is 35.1 Å². The van der Waals surface area contributed by atoms with Crippen molar-refractivity contribution in [3.63, 3.8) is 0 Å². The number of benzene rings is 2. The molecule has 3 rings (SSSR count). The molecule has 0 N–H and O–H groups in total. The highest BCUT2D eigenvalue weighted by molar-refractivity contribution is 5.81. The quantitative estimate of drug-likeness (QED) is 0.326. The fourth-order valence-electron chi connectivity index (χ4n) is 5.02. The molecule has 0 aromatic heterocycles. The van der Waals surface area contributed by atoms with Crippen LogP contribution >= 0.6 is 0 Å². The van der Waals surface area contributed by atoms with Gasteiger partial charge in [0.1, 0.15) is 6.10 Å². The third-order valence-corrected chi connectivity index (χ3v) is 6.89. The smallest absolute Gasteiger partial charge is 0.253 e. The van der Waals surface area contributed by atoms with Crippen LogP contribution in [0.4, 0.5) is 0 Å². The molecule has 198 valence electrons. The first kappa shape index (κ1) is 28.4. The number of aryl methyl sites for hydroxylation is 2. The zero-order valence-electron chi connectivity index (χ0n) is 22.9. The van der Waals surface area contributed by atoms with Crippen LogP contribution in [0.25, 0.3) is 0 Å². The van der Waals surface area contributed by atoms with E-state index < -0.39 is 6.10 Å². The summed E-state index contributed by atoms with van der Waals surface area (Å²) in [6.07, 6.45) is 5.21. The maximum atomic E-state index is 13.6. The van der Waals surface area contributed by atoms with Gasteiger partial charge in [0.2, 0.25) is 0 Å². The van der Waals surface area contributed by atoms with Gasteiger partial charge < -0.3 is 14.4 Å². The zero-order valence-corrected chi connectivity index (χ0v) is 22.9. The Morgan fingerprint density at radius 3 is 2.61 bits per heavy atom. The van der Waals surface area contributed by atoms with Crippen molar-refractivity contribution in [2.24, 2.45) is 5.92 Å². The van der Waals surface area contributed by atoms with E-state index in [1.807, 2.05) is 11.0 Å². The summed E-state index contributed by atoms with van der Waals surface area (Å²) < 4.78 is 11.2. The predicted octanol–water partition coefficient (Wildman–Crippen LogP) is 5.49. The zero-order chi connectivity index (χ0) is 25.8. The number of hydrogen-bond acceptors (Lipinski definition) is 4. The summed E-state index contributed by atoms with van der Waals surface area (Å²) in [4.78, 5) is 18.0. The van der Waals surface area contributed by atoms with Crippen LogP contribution in [0, 0.1) is 5.92 Å². The van der Waals surface area contributed by atoms with Crippen molar-refractivity contribution in [1.82, 2.24) is 9.80 Å². The van der Waals surface area contributed by atoms with Crippen LogP contribution in [0.2, 0.25) is 0 Å². The number of nitrogens with zero attached hydrogens (tertiary/aromatic N) is 2. The molecule has 0 aliphatic carbocycles. The maximum Gasteiger partial charge on any atom is 0.253 e. The largest absolute Gasteiger partial charge is 0.385 e. The van der Waals surface area contributed by atoms with Gasteiger partial charge in [0.05, 0.1) is 6.61 Å². The van der Waals surface area contributed by atoms with Crippen LogP contribution in [-0.2, 0) is 40.2 Å². The summed E-state index contributed by atoms with van der Waals surface area (Å²) in [6.45, 7) is 11.7. The number of amides is 1. The van der Waals surface area contributed by atoms with Crippen LogP contribution in [-0.4, -0.2) is 61.8 Å². The van der Waals surface area contributed by atoms with Gasteiger partial charge in [-0.1, -0.05) is 75.7 Å². The molecule has 1 fully saturated rings. The van der Waals surface area contributed by atoms with Crippen LogP contribution in [0.5, 0.6) is 0 Å². The first-order chi connectivity index (χ1) is 17.5.